The topological polar surface area (TPSA) is 189 Å². The lowest BCUT2D eigenvalue weighted by molar-refractivity contribution is -0.125. The van der Waals surface area contributed by atoms with Crippen molar-refractivity contribution < 1.29 is 19.2 Å². The molecule has 4 aromatic heterocycles. The van der Waals surface area contributed by atoms with Gasteiger partial charge in [-0.2, -0.15) is 13.5 Å². The fraction of sp³-hybridized carbons (Fsp3) is 0.211. The van der Waals surface area contributed by atoms with E-state index in [1.807, 2.05) is 175 Å². The van der Waals surface area contributed by atoms with Gasteiger partial charge in [-0.3, -0.25) is 19.2 Å². The van der Waals surface area contributed by atoms with Crippen LogP contribution in [0.2, 0.25) is 20.1 Å². The van der Waals surface area contributed by atoms with Gasteiger partial charge in [-0.25, -0.2) is 39.9 Å². The van der Waals surface area contributed by atoms with Crippen LogP contribution in [0.1, 0.15) is 126 Å². The van der Waals surface area contributed by atoms with Gasteiger partial charge in [-0.1, -0.05) is 179 Å². The highest BCUT2D eigenvalue weighted by molar-refractivity contribution is 7.59. The molecule has 4 heterocycles. The molecule has 0 saturated heterocycles. The average molecular weight is 1330 g/mol. The van der Waals surface area contributed by atoms with Gasteiger partial charge >= 0.3 is 0 Å². The molecule has 0 N–H and O–H groups in total. The number of halogens is 4. The van der Waals surface area contributed by atoms with Crippen LogP contribution in [0, 0.1) is 24.7 Å². The Morgan fingerprint density at radius 2 is 0.533 bits per heavy atom. The van der Waals surface area contributed by atoms with Crippen molar-refractivity contribution >= 4 is 106 Å². The molecule has 0 aliphatic rings. The molecule has 10 rings (SSSR count). The Morgan fingerprint density at radius 1 is 0.337 bits per heavy atom. The number of nitrogens with zero attached hydrogens (tertiary/aromatic N) is 12. The van der Waals surface area contributed by atoms with Crippen LogP contribution in [0.5, 0.6) is 0 Å². The molecule has 0 aliphatic carbocycles. The number of amides is 4. The van der Waals surface area contributed by atoms with Crippen LogP contribution in [0.25, 0.3) is 0 Å². The first kappa shape index (κ1) is 73.8. The highest BCUT2D eigenvalue weighted by Crippen LogP contribution is 2.23. The van der Waals surface area contributed by atoms with E-state index in [4.69, 9.17) is 46.4 Å². The van der Waals surface area contributed by atoms with Crippen molar-refractivity contribution in [3.05, 3.63) is 283 Å². The minimum absolute atomic E-state index is 0. The molecule has 10 aromatic rings. The molecular weight excluding hydrogens is 1260 g/mol. The third-order valence-electron chi connectivity index (χ3n) is 13.4. The predicted octanol–water partition coefficient (Wildman–Crippen LogP) is 15.8. The lowest BCUT2D eigenvalue weighted by Crippen LogP contribution is -2.21. The lowest BCUT2D eigenvalue weighted by atomic mass is 9.95. The van der Waals surface area contributed by atoms with Gasteiger partial charge in [0.2, 0.25) is 0 Å². The molecule has 0 radical (unpaired) electrons. The summed E-state index contributed by atoms with van der Waals surface area (Å²) < 4.78 is 7.33. The van der Waals surface area contributed by atoms with Crippen molar-refractivity contribution in [1.82, 2.24) is 38.2 Å². The van der Waals surface area contributed by atoms with E-state index in [2.05, 4.69) is 39.9 Å². The smallest absolute Gasteiger partial charge is 0.277 e. The Hall–Kier alpha value is -8.97. The van der Waals surface area contributed by atoms with Crippen LogP contribution in [-0.2, 0) is 37.8 Å². The van der Waals surface area contributed by atoms with Crippen molar-refractivity contribution in [2.45, 2.75) is 62.8 Å². The number of carbonyl (C=O) groups is 4. The summed E-state index contributed by atoms with van der Waals surface area (Å²) in [7, 11) is 7.47. The zero-order chi connectivity index (χ0) is 65.5. The van der Waals surface area contributed by atoms with E-state index in [1.54, 1.807) is 123 Å². The minimum Gasteiger partial charge on any atom is -0.332 e. The van der Waals surface area contributed by atoms with Gasteiger partial charge in [-0.15, -0.1) is 0 Å². The van der Waals surface area contributed by atoms with Gasteiger partial charge in [0.15, 0.2) is 0 Å². The molecule has 21 heteroatoms. The first-order valence-corrected chi connectivity index (χ1v) is 29.7. The second kappa shape index (κ2) is 33.4. The molecule has 0 bridgehead atoms. The molecule has 6 aromatic carbocycles. The maximum absolute atomic E-state index is 12.6. The summed E-state index contributed by atoms with van der Waals surface area (Å²) in [6, 6.07) is 43.7. The van der Waals surface area contributed by atoms with Crippen LogP contribution in [0.3, 0.4) is 0 Å². The highest BCUT2D eigenvalue weighted by Gasteiger charge is 2.25. The maximum atomic E-state index is 12.6. The van der Waals surface area contributed by atoms with Crippen LogP contribution < -0.4 is 0 Å². The second-order valence-corrected chi connectivity index (χ2v) is 24.6. The summed E-state index contributed by atoms with van der Waals surface area (Å²) in [4.78, 5) is 83.5. The van der Waals surface area contributed by atoms with Crippen LogP contribution in [-0.4, -0.2) is 84.7 Å². The van der Waals surface area contributed by atoms with Crippen LogP contribution in [0.15, 0.2) is 216 Å². The Kier molecular flexibility index (Phi) is 26.8. The summed E-state index contributed by atoms with van der Waals surface area (Å²) in [5, 5.41) is 2.55. The number of aliphatic imine (C=N–C) groups is 4. The Morgan fingerprint density at radius 3 is 0.717 bits per heavy atom. The van der Waals surface area contributed by atoms with Crippen molar-refractivity contribution in [3.63, 3.8) is 0 Å². The van der Waals surface area contributed by atoms with E-state index >= 15 is 0 Å². The number of aryl methyl sites for hydroxylation is 6. The largest absolute Gasteiger partial charge is 0.332 e. The molecule has 476 valence electrons. The fourth-order valence-electron chi connectivity index (χ4n) is 8.11. The zero-order valence-corrected chi connectivity index (χ0v) is 56.5. The number of benzene rings is 6. The van der Waals surface area contributed by atoms with Crippen LogP contribution in [0.4, 0.5) is 0 Å². The van der Waals surface area contributed by atoms with Crippen molar-refractivity contribution in [2.75, 3.05) is 0 Å². The minimum atomic E-state index is -0.531. The quantitative estimate of drug-likeness (QED) is 0.121. The van der Waals surface area contributed by atoms with E-state index in [0.29, 0.717) is 54.1 Å². The van der Waals surface area contributed by atoms with Crippen molar-refractivity contribution in [2.24, 2.45) is 59.0 Å². The summed E-state index contributed by atoms with van der Waals surface area (Å²) in [6.45, 7) is 15.0. The fourth-order valence-corrected chi connectivity index (χ4v) is 8.62. The van der Waals surface area contributed by atoms with Gasteiger partial charge in [0.05, 0.1) is 95.7 Å². The number of imidazole rings is 4. The predicted molar refractivity (Wildman–Crippen MR) is 378 cm³/mol. The molecule has 0 atom stereocenters. The monoisotopic (exact) mass is 1330 g/mol. The summed E-state index contributed by atoms with van der Waals surface area (Å²) in [5.41, 5.74) is 11.0. The first-order valence-electron chi connectivity index (χ1n) is 28.2. The van der Waals surface area contributed by atoms with E-state index in [-0.39, 0.29) is 44.6 Å². The summed E-state index contributed by atoms with van der Waals surface area (Å²) in [5.74, 6) is -0.926. The molecular formula is C71H74Cl4N12O4S. The molecule has 0 unspecified atom stereocenters. The number of hydrogen-bond acceptors (Lipinski definition) is 8. The van der Waals surface area contributed by atoms with E-state index < -0.39 is 10.8 Å². The third-order valence-corrected chi connectivity index (χ3v) is 14.4. The van der Waals surface area contributed by atoms with Gasteiger partial charge in [-0.05, 0) is 86.6 Å². The summed E-state index contributed by atoms with van der Waals surface area (Å²) >= 11 is 23.8. The number of hydrogen-bond donors (Lipinski definition) is 0. The Balaban J connectivity index is 0.000000222. The molecule has 4 amide bonds. The van der Waals surface area contributed by atoms with E-state index in [9.17, 15) is 19.2 Å². The standard InChI is InChI=1S/2C19H16ClN3O.2C16H18ClN3O.CH4.H2S/c2*1-13-3-5-15(6-4-13)19(24)22-18(17-11-21-12-23(17)2)14-7-9-16(20)10-8-14;2*1-16(2,3)15(21)19-14(13-9-18-10-20(13)4)11-5-7-12(17)8-6-11;;/h2*3-12H,1-2H3;2*5-10H,1-4H3;1H4;1H2. The number of carbonyl (C=O) groups excluding carboxylic acids is 4. The maximum Gasteiger partial charge on any atom is 0.277 e. The van der Waals surface area contributed by atoms with Crippen molar-refractivity contribution in [1.29, 1.82) is 0 Å². The van der Waals surface area contributed by atoms with Gasteiger partial charge < -0.3 is 18.3 Å². The Labute approximate surface area is 565 Å². The SMILES string of the molecule is C.Cc1ccc(C(=O)N=C(c2ccc(Cl)cc2)c2cncn2C)cc1.Cc1ccc(C(=O)N=C(c2ccc(Cl)cc2)c2cncn2C)cc1.Cn1cncc1C(=NC(=O)C(C)(C)C)c1ccc(Cl)cc1.Cn1cncc1C(=NC(=O)C(C)(C)C)c1ccc(Cl)cc1.S. The molecule has 92 heavy (non-hydrogen) atoms. The average Bonchev–Trinajstić information content (AvgIpc) is 1.80. The normalized spacial score (nSPS) is 11.7. The lowest BCUT2D eigenvalue weighted by Gasteiger charge is -2.15. The summed E-state index contributed by atoms with van der Waals surface area (Å²) in [6.07, 6.45) is 13.5. The number of rotatable bonds is 10. The van der Waals surface area contributed by atoms with E-state index in [0.717, 1.165) is 56.2 Å². The van der Waals surface area contributed by atoms with Gasteiger partial charge in [0.25, 0.3) is 23.6 Å². The first-order chi connectivity index (χ1) is 42.7. The van der Waals surface area contributed by atoms with Crippen molar-refractivity contribution in [3.8, 4) is 0 Å². The van der Waals surface area contributed by atoms with Crippen LogP contribution >= 0.6 is 59.9 Å². The second-order valence-electron chi connectivity index (χ2n) is 22.9. The Bertz CT molecular complexity index is 3970. The number of aromatic nitrogens is 8. The molecule has 0 aliphatic heterocycles. The molecule has 0 fully saturated rings. The highest BCUT2D eigenvalue weighted by atomic mass is 35.5. The third kappa shape index (κ3) is 20.5. The molecule has 0 spiro atoms. The molecule has 0 saturated carbocycles. The van der Waals surface area contributed by atoms with Gasteiger partial charge in [0, 0.05) is 92.5 Å². The zero-order valence-electron chi connectivity index (χ0n) is 52.5. The van der Waals surface area contributed by atoms with E-state index in [1.165, 1.54) is 0 Å². The molecule has 16 nitrogen and oxygen atoms in total. The van der Waals surface area contributed by atoms with Gasteiger partial charge in [0.1, 0.15) is 0 Å².